The minimum Gasteiger partial charge on any atom is -0.376 e. The van der Waals surface area contributed by atoms with E-state index in [-0.39, 0.29) is 18.1 Å². The molecule has 1 N–H and O–H groups in total. The summed E-state index contributed by atoms with van der Waals surface area (Å²) in [6, 6.07) is 0.220. The molecule has 2 aliphatic heterocycles. The number of fused-ring (bicyclic) bond motifs is 1. The lowest BCUT2D eigenvalue weighted by molar-refractivity contribution is -0.124. The van der Waals surface area contributed by atoms with Crippen LogP contribution in [0.15, 0.2) is 6.33 Å². The maximum Gasteiger partial charge on any atom is 0.244 e. The molecule has 4 atom stereocenters. The Kier molecular flexibility index (Phi) is 3.66. The Labute approximate surface area is 117 Å². The van der Waals surface area contributed by atoms with Crippen molar-refractivity contribution < 1.29 is 9.53 Å². The Morgan fingerprint density at radius 3 is 3.10 bits per heavy atom. The first kappa shape index (κ1) is 13.4. The minimum atomic E-state index is -0.391. The fourth-order valence-electron chi connectivity index (χ4n) is 2.93. The van der Waals surface area contributed by atoms with Crippen LogP contribution in [-0.2, 0) is 9.53 Å². The quantitative estimate of drug-likeness (QED) is 0.781. The summed E-state index contributed by atoms with van der Waals surface area (Å²) in [5, 5.41) is 13.9. The third-order valence-electron chi connectivity index (χ3n) is 4.08. The van der Waals surface area contributed by atoms with Crippen LogP contribution >= 0.6 is 0 Å². The molecule has 3 heterocycles. The fourth-order valence-corrected chi connectivity index (χ4v) is 2.93. The molecule has 8 heteroatoms. The van der Waals surface area contributed by atoms with Crippen LogP contribution < -0.4 is 5.32 Å². The lowest BCUT2D eigenvalue weighted by Gasteiger charge is -2.33. The van der Waals surface area contributed by atoms with Gasteiger partial charge in [0.25, 0.3) is 0 Å². The summed E-state index contributed by atoms with van der Waals surface area (Å²) in [5.74, 6) is -0.0453. The summed E-state index contributed by atoms with van der Waals surface area (Å²) >= 11 is 0. The van der Waals surface area contributed by atoms with Crippen molar-refractivity contribution in [2.45, 2.75) is 44.5 Å². The molecule has 0 radical (unpaired) electrons. The second kappa shape index (κ2) is 5.45. The summed E-state index contributed by atoms with van der Waals surface area (Å²) in [5.41, 5.74) is 0. The zero-order chi connectivity index (χ0) is 14.1. The number of tetrazole rings is 1. The van der Waals surface area contributed by atoms with Crippen LogP contribution in [-0.4, -0.2) is 68.9 Å². The Morgan fingerprint density at radius 1 is 1.50 bits per heavy atom. The lowest BCUT2D eigenvalue weighted by atomic mass is 10.1. The Hall–Kier alpha value is -1.54. The average Bonchev–Trinajstić information content (AvgIpc) is 3.05. The van der Waals surface area contributed by atoms with Crippen LogP contribution in [0.3, 0.4) is 0 Å². The third kappa shape index (κ3) is 2.66. The van der Waals surface area contributed by atoms with Crippen molar-refractivity contribution in [3.8, 4) is 0 Å². The fraction of sp³-hybridized carbons (Fsp3) is 0.833. The van der Waals surface area contributed by atoms with E-state index in [9.17, 15) is 4.79 Å². The van der Waals surface area contributed by atoms with Crippen molar-refractivity contribution in [3.05, 3.63) is 6.33 Å². The number of ether oxygens (including phenoxy) is 1. The van der Waals surface area contributed by atoms with Crippen molar-refractivity contribution in [2.75, 3.05) is 19.7 Å². The molecule has 0 spiro atoms. The van der Waals surface area contributed by atoms with Crippen LogP contribution in [0.25, 0.3) is 0 Å². The standard InChI is InChI=1S/C12H20N6O2/c1-8-4-17-5-10(3-11(17)6-20-8)14-12(19)9(2)18-7-13-15-16-18/h7-11H,3-6H2,1-2H3,(H,14,19)/t8-,9-,10+,11-/m0/s1. The number of carbonyl (C=O) groups is 1. The number of carbonyl (C=O) groups excluding carboxylic acids is 1. The highest BCUT2D eigenvalue weighted by molar-refractivity contribution is 5.80. The number of hydrogen-bond acceptors (Lipinski definition) is 6. The van der Waals surface area contributed by atoms with Crippen LogP contribution in [0.5, 0.6) is 0 Å². The molecule has 2 saturated heterocycles. The van der Waals surface area contributed by atoms with E-state index >= 15 is 0 Å². The molecule has 110 valence electrons. The molecule has 1 aromatic heterocycles. The molecule has 2 fully saturated rings. The summed E-state index contributed by atoms with van der Waals surface area (Å²) in [7, 11) is 0. The Bertz CT molecular complexity index is 465. The summed E-state index contributed by atoms with van der Waals surface area (Å²) in [6.07, 6.45) is 2.68. The van der Waals surface area contributed by atoms with Gasteiger partial charge in [-0.2, -0.15) is 0 Å². The van der Waals surface area contributed by atoms with Crippen LogP contribution in [0.4, 0.5) is 0 Å². The zero-order valence-electron chi connectivity index (χ0n) is 11.8. The van der Waals surface area contributed by atoms with Gasteiger partial charge in [0.1, 0.15) is 12.4 Å². The predicted octanol–water partition coefficient (Wildman–Crippen LogP) is -0.788. The van der Waals surface area contributed by atoms with Crippen LogP contribution in [0.1, 0.15) is 26.3 Å². The molecule has 3 rings (SSSR count). The largest absolute Gasteiger partial charge is 0.376 e. The van der Waals surface area contributed by atoms with Crippen molar-refractivity contribution in [1.82, 2.24) is 30.4 Å². The lowest BCUT2D eigenvalue weighted by Crippen LogP contribution is -2.45. The van der Waals surface area contributed by atoms with Crippen molar-refractivity contribution >= 4 is 5.91 Å². The molecule has 0 saturated carbocycles. The van der Waals surface area contributed by atoms with E-state index in [0.29, 0.717) is 6.04 Å². The molecule has 0 aliphatic carbocycles. The van der Waals surface area contributed by atoms with Crippen molar-refractivity contribution in [2.24, 2.45) is 0 Å². The summed E-state index contributed by atoms with van der Waals surface area (Å²) in [4.78, 5) is 14.6. The summed E-state index contributed by atoms with van der Waals surface area (Å²) in [6.45, 7) is 6.48. The molecule has 0 unspecified atom stereocenters. The van der Waals surface area contributed by atoms with Crippen LogP contribution in [0.2, 0.25) is 0 Å². The first-order valence-corrected chi connectivity index (χ1v) is 7.02. The average molecular weight is 280 g/mol. The molecule has 20 heavy (non-hydrogen) atoms. The molecule has 0 aromatic carbocycles. The van der Waals surface area contributed by atoms with Gasteiger partial charge in [-0.25, -0.2) is 4.68 Å². The third-order valence-corrected chi connectivity index (χ3v) is 4.08. The first-order chi connectivity index (χ1) is 9.63. The highest BCUT2D eigenvalue weighted by Crippen LogP contribution is 2.23. The molecule has 1 aromatic rings. The van der Waals surface area contributed by atoms with E-state index in [0.717, 1.165) is 26.1 Å². The van der Waals surface area contributed by atoms with E-state index in [1.807, 2.05) is 0 Å². The molecular formula is C12H20N6O2. The second-order valence-electron chi connectivity index (χ2n) is 5.66. The van der Waals surface area contributed by atoms with E-state index in [1.165, 1.54) is 11.0 Å². The maximum absolute atomic E-state index is 12.2. The van der Waals surface area contributed by atoms with Gasteiger partial charge < -0.3 is 10.1 Å². The van der Waals surface area contributed by atoms with Gasteiger partial charge in [0, 0.05) is 25.2 Å². The number of morpholine rings is 1. The molecule has 2 aliphatic rings. The molecule has 0 bridgehead atoms. The van der Waals surface area contributed by atoms with E-state index in [2.05, 4.69) is 32.7 Å². The number of nitrogens with zero attached hydrogens (tertiary/aromatic N) is 5. The van der Waals surface area contributed by atoms with E-state index in [4.69, 9.17) is 4.74 Å². The van der Waals surface area contributed by atoms with E-state index < -0.39 is 6.04 Å². The number of rotatable bonds is 3. The number of amides is 1. The normalized spacial score (nSPS) is 31.8. The molecular weight excluding hydrogens is 260 g/mol. The van der Waals surface area contributed by atoms with Crippen molar-refractivity contribution in [3.63, 3.8) is 0 Å². The van der Waals surface area contributed by atoms with Crippen LogP contribution in [0, 0.1) is 0 Å². The number of hydrogen-bond donors (Lipinski definition) is 1. The van der Waals surface area contributed by atoms with E-state index in [1.54, 1.807) is 6.92 Å². The second-order valence-corrected chi connectivity index (χ2v) is 5.66. The van der Waals surface area contributed by atoms with Gasteiger partial charge in [-0.15, -0.1) is 5.10 Å². The highest BCUT2D eigenvalue weighted by atomic mass is 16.5. The van der Waals surface area contributed by atoms with Gasteiger partial charge in [0.15, 0.2) is 0 Å². The van der Waals surface area contributed by atoms with Gasteiger partial charge in [0.2, 0.25) is 5.91 Å². The SMILES string of the molecule is C[C@H]1CN2C[C@H](NC(=O)[C@H](C)n3cnnn3)C[C@H]2CO1. The highest BCUT2D eigenvalue weighted by Gasteiger charge is 2.37. The predicted molar refractivity (Wildman–Crippen MR) is 69.9 cm³/mol. The zero-order valence-corrected chi connectivity index (χ0v) is 11.8. The summed E-state index contributed by atoms with van der Waals surface area (Å²) < 4.78 is 7.13. The topological polar surface area (TPSA) is 85.2 Å². The minimum absolute atomic E-state index is 0.0453. The monoisotopic (exact) mass is 280 g/mol. The van der Waals surface area contributed by atoms with Gasteiger partial charge >= 0.3 is 0 Å². The molecule has 1 amide bonds. The first-order valence-electron chi connectivity index (χ1n) is 7.02. The number of nitrogens with one attached hydrogen (secondary N) is 1. The Balaban J connectivity index is 1.55. The van der Waals surface area contributed by atoms with Gasteiger partial charge in [-0.05, 0) is 30.7 Å². The van der Waals surface area contributed by atoms with Crippen molar-refractivity contribution in [1.29, 1.82) is 0 Å². The smallest absolute Gasteiger partial charge is 0.244 e. The van der Waals surface area contributed by atoms with Gasteiger partial charge in [-0.3, -0.25) is 9.69 Å². The molecule has 8 nitrogen and oxygen atoms in total. The van der Waals surface area contributed by atoms with Gasteiger partial charge in [0.05, 0.1) is 12.7 Å². The maximum atomic E-state index is 12.2. The van der Waals surface area contributed by atoms with Gasteiger partial charge in [-0.1, -0.05) is 0 Å². The number of aromatic nitrogens is 4. The Morgan fingerprint density at radius 2 is 2.35 bits per heavy atom.